The van der Waals surface area contributed by atoms with Crippen molar-refractivity contribution in [2.24, 2.45) is 0 Å². The molecule has 0 saturated heterocycles. The van der Waals surface area contributed by atoms with Crippen LogP contribution in [0.25, 0.3) is 0 Å². The Morgan fingerprint density at radius 1 is 1.27 bits per heavy atom. The smallest absolute Gasteiger partial charge is 0.206 e. The molecule has 0 atom stereocenters. The molecule has 0 amide bonds. The van der Waals surface area contributed by atoms with Crippen LogP contribution < -0.4 is 0 Å². The van der Waals surface area contributed by atoms with E-state index >= 15 is 0 Å². The average molecular weight is 176 g/mol. The molecule has 0 aliphatic rings. The molecule has 0 bridgehead atoms. The lowest BCUT2D eigenvalue weighted by Crippen LogP contribution is -2.17. The fourth-order valence-corrected chi connectivity index (χ4v) is 0.327. The summed E-state index contributed by atoms with van der Waals surface area (Å²) in [5.41, 5.74) is -1.53. The molecular formula is C5H2F6. The predicted molar refractivity (Wildman–Crippen MR) is 24.8 cm³/mol. The van der Waals surface area contributed by atoms with Crippen molar-refractivity contribution in [2.45, 2.75) is 12.6 Å². The van der Waals surface area contributed by atoms with Crippen LogP contribution in [0.1, 0.15) is 0 Å². The van der Waals surface area contributed by atoms with E-state index in [9.17, 15) is 26.3 Å². The summed E-state index contributed by atoms with van der Waals surface area (Å²) in [7, 11) is 0. The summed E-state index contributed by atoms with van der Waals surface area (Å²) in [6, 6.07) is 0. The molecule has 0 N–H and O–H groups in total. The van der Waals surface area contributed by atoms with Crippen LogP contribution in [0, 0.1) is 0 Å². The Bertz CT molecular complexity index is 182. The van der Waals surface area contributed by atoms with Crippen LogP contribution >= 0.6 is 0 Å². The van der Waals surface area contributed by atoms with Crippen LogP contribution in [0.15, 0.2) is 17.6 Å². The van der Waals surface area contributed by atoms with E-state index in [4.69, 9.17) is 0 Å². The van der Waals surface area contributed by atoms with Crippen molar-refractivity contribution in [1.29, 1.82) is 0 Å². The Hall–Kier alpha value is -0.900. The first-order chi connectivity index (χ1) is 4.89. The molecule has 0 aliphatic carbocycles. The largest absolute Gasteiger partial charge is 0.425 e. The molecule has 0 saturated carbocycles. The van der Waals surface area contributed by atoms with Gasteiger partial charge in [-0.05, 0) is 0 Å². The van der Waals surface area contributed by atoms with Crippen LogP contribution in [0.2, 0.25) is 0 Å². The highest BCUT2D eigenvalue weighted by Crippen LogP contribution is 2.29. The summed E-state index contributed by atoms with van der Waals surface area (Å²) in [6.07, 6.45) is -9.69. The summed E-state index contributed by atoms with van der Waals surface area (Å²) in [5.74, 6) is 0. The molecule has 0 spiro atoms. The van der Waals surface area contributed by atoms with Crippen molar-refractivity contribution in [1.82, 2.24) is 0 Å². The molecule has 6 heteroatoms. The highest BCUT2D eigenvalue weighted by molar-refractivity contribution is 5.09. The molecule has 64 valence electrons. The lowest BCUT2D eigenvalue weighted by Gasteiger charge is -2.06. The standard InChI is InChI=1S/C5H2F6/c6-2-1-3(4(7)8)5(9,10)11/h2,4H. The minimum absolute atomic E-state index is 0.699. The molecule has 0 aromatic heterocycles. The van der Waals surface area contributed by atoms with E-state index in [1.165, 1.54) is 0 Å². The van der Waals surface area contributed by atoms with E-state index in [-0.39, 0.29) is 0 Å². The van der Waals surface area contributed by atoms with E-state index in [0.29, 0.717) is 0 Å². The number of allylic oxidation sites excluding steroid dienone is 1. The molecule has 11 heavy (non-hydrogen) atoms. The molecule has 0 aliphatic heterocycles. The Labute approximate surface area is 57.8 Å². The second-order valence-corrected chi connectivity index (χ2v) is 1.47. The van der Waals surface area contributed by atoms with Gasteiger partial charge in [0.05, 0.1) is 0 Å². The maximum atomic E-state index is 11.4. The highest BCUT2D eigenvalue weighted by atomic mass is 19.4. The molecule has 0 aromatic rings. The normalized spacial score (nSPS) is 11.2. The van der Waals surface area contributed by atoms with Gasteiger partial charge in [0.25, 0.3) is 6.43 Å². The molecule has 0 aromatic carbocycles. The van der Waals surface area contributed by atoms with Gasteiger partial charge in [-0.3, -0.25) is 0 Å². The van der Waals surface area contributed by atoms with Gasteiger partial charge < -0.3 is 0 Å². The molecule has 0 nitrogen and oxygen atoms in total. The minimum Gasteiger partial charge on any atom is -0.206 e. The van der Waals surface area contributed by atoms with E-state index in [2.05, 4.69) is 0 Å². The van der Waals surface area contributed by atoms with Gasteiger partial charge in [0.1, 0.15) is 11.9 Å². The number of rotatable bonds is 1. The fourth-order valence-electron chi connectivity index (χ4n) is 0.327. The van der Waals surface area contributed by atoms with Crippen molar-refractivity contribution in [3.05, 3.63) is 17.6 Å². The van der Waals surface area contributed by atoms with Gasteiger partial charge in [-0.25, -0.2) is 13.2 Å². The Morgan fingerprint density at radius 3 is 1.82 bits per heavy atom. The third kappa shape index (κ3) is 3.13. The van der Waals surface area contributed by atoms with Crippen LogP contribution in [-0.2, 0) is 0 Å². The topological polar surface area (TPSA) is 0 Å². The first-order valence-electron chi connectivity index (χ1n) is 2.30. The maximum Gasteiger partial charge on any atom is 0.425 e. The quantitative estimate of drug-likeness (QED) is 0.425. The fraction of sp³-hybridized carbons (Fsp3) is 0.400. The number of halogens is 6. The van der Waals surface area contributed by atoms with Crippen LogP contribution in [0.3, 0.4) is 0 Å². The molecule has 0 radical (unpaired) electrons. The zero-order valence-corrected chi connectivity index (χ0v) is 4.92. The van der Waals surface area contributed by atoms with Gasteiger partial charge in [-0.1, -0.05) is 5.73 Å². The summed E-state index contributed by atoms with van der Waals surface area (Å²) in [4.78, 5) is 0. The Morgan fingerprint density at radius 2 is 1.73 bits per heavy atom. The number of alkyl halides is 5. The predicted octanol–water partition coefficient (Wildman–Crippen LogP) is 2.82. The zero-order chi connectivity index (χ0) is 9.07. The lowest BCUT2D eigenvalue weighted by molar-refractivity contribution is -0.108. The van der Waals surface area contributed by atoms with E-state index < -0.39 is 24.5 Å². The monoisotopic (exact) mass is 176 g/mol. The summed E-state index contributed by atoms with van der Waals surface area (Å²) >= 11 is 0. The highest BCUT2D eigenvalue weighted by Gasteiger charge is 2.39. The third-order valence-corrected chi connectivity index (χ3v) is 0.734. The maximum absolute atomic E-state index is 11.4. The average Bonchev–Trinajstić information content (AvgIpc) is 1.79. The van der Waals surface area contributed by atoms with Crippen molar-refractivity contribution in [3.8, 4) is 0 Å². The molecule has 0 rings (SSSR count). The Kier molecular flexibility index (Phi) is 3.19. The van der Waals surface area contributed by atoms with Crippen molar-refractivity contribution in [2.75, 3.05) is 0 Å². The van der Waals surface area contributed by atoms with Gasteiger partial charge in [0.2, 0.25) is 0 Å². The Balaban J connectivity index is 4.79. The molecule has 0 unspecified atom stereocenters. The first-order valence-corrected chi connectivity index (χ1v) is 2.30. The van der Waals surface area contributed by atoms with E-state index in [1.54, 1.807) is 0 Å². The minimum atomic E-state index is -5.23. The lowest BCUT2D eigenvalue weighted by atomic mass is 10.3. The molecular weight excluding hydrogens is 174 g/mol. The van der Waals surface area contributed by atoms with Gasteiger partial charge in [0.15, 0.2) is 0 Å². The molecule has 0 heterocycles. The van der Waals surface area contributed by atoms with Gasteiger partial charge >= 0.3 is 6.18 Å². The second kappa shape index (κ2) is 3.48. The van der Waals surface area contributed by atoms with Crippen molar-refractivity contribution >= 4 is 0 Å². The molecule has 0 fully saturated rings. The van der Waals surface area contributed by atoms with Crippen molar-refractivity contribution < 1.29 is 26.3 Å². The van der Waals surface area contributed by atoms with Crippen LogP contribution in [0.4, 0.5) is 26.3 Å². The summed E-state index contributed by atoms with van der Waals surface area (Å²) in [5, 5.41) is 0. The van der Waals surface area contributed by atoms with E-state index in [0.717, 1.165) is 5.73 Å². The van der Waals surface area contributed by atoms with Gasteiger partial charge in [-0.2, -0.15) is 13.2 Å². The first kappa shape index (κ1) is 10.1. The van der Waals surface area contributed by atoms with Gasteiger partial charge in [0, 0.05) is 0 Å². The second-order valence-electron chi connectivity index (χ2n) is 1.47. The number of hydrogen-bond donors (Lipinski definition) is 0. The van der Waals surface area contributed by atoms with Crippen molar-refractivity contribution in [3.63, 3.8) is 0 Å². The summed E-state index contributed by atoms with van der Waals surface area (Å²) in [6.45, 7) is 0. The summed E-state index contributed by atoms with van der Waals surface area (Å²) < 4.78 is 68.0. The zero-order valence-electron chi connectivity index (χ0n) is 4.92. The van der Waals surface area contributed by atoms with E-state index in [1.807, 2.05) is 0 Å². The third-order valence-electron chi connectivity index (χ3n) is 0.734. The van der Waals surface area contributed by atoms with Crippen LogP contribution in [-0.4, -0.2) is 12.6 Å². The van der Waals surface area contributed by atoms with Crippen LogP contribution in [0.5, 0.6) is 0 Å². The van der Waals surface area contributed by atoms with Gasteiger partial charge in [-0.15, -0.1) is 0 Å². The SMILES string of the molecule is FC=C=C(C(F)F)C(F)(F)F. The number of hydrogen-bond acceptors (Lipinski definition) is 0.